The van der Waals surface area contributed by atoms with Crippen LogP contribution in [0.1, 0.15) is 10.4 Å². The molecule has 0 saturated heterocycles. The first-order chi connectivity index (χ1) is 7.90. The molecule has 1 rings (SSSR count). The number of carbonyl (C=O) groups excluding carboxylic acids is 2. The number of methoxy groups -OCH3 is 1. The third kappa shape index (κ3) is 2.96. The van der Waals surface area contributed by atoms with Gasteiger partial charge in [-0.3, -0.25) is 9.59 Å². The van der Waals surface area contributed by atoms with Crippen LogP contribution in [0.4, 0.5) is 18.9 Å². The first-order valence-corrected chi connectivity index (χ1v) is 4.40. The molecular weight excluding hydrogens is 239 g/mol. The van der Waals surface area contributed by atoms with Gasteiger partial charge in [-0.15, -0.1) is 0 Å². The van der Waals surface area contributed by atoms with Gasteiger partial charge in [0.15, 0.2) is 0 Å². The molecule has 0 unspecified atom stereocenters. The van der Waals surface area contributed by atoms with Crippen molar-refractivity contribution >= 4 is 17.9 Å². The molecule has 0 aliphatic rings. The van der Waals surface area contributed by atoms with Crippen LogP contribution in [0.2, 0.25) is 0 Å². The second-order valence-electron chi connectivity index (χ2n) is 3.00. The average molecular weight is 247 g/mol. The molecule has 1 aromatic carbocycles. The number of benzene rings is 1. The molecule has 0 fully saturated rings. The van der Waals surface area contributed by atoms with Crippen LogP contribution in [0.5, 0.6) is 5.75 Å². The van der Waals surface area contributed by atoms with Crippen LogP contribution < -0.4 is 10.1 Å². The highest BCUT2D eigenvalue weighted by atomic mass is 19.4. The molecule has 92 valence electrons. The van der Waals surface area contributed by atoms with E-state index in [9.17, 15) is 22.8 Å². The van der Waals surface area contributed by atoms with E-state index in [1.165, 1.54) is 13.2 Å². The van der Waals surface area contributed by atoms with E-state index in [1.54, 1.807) is 0 Å². The second-order valence-corrected chi connectivity index (χ2v) is 3.00. The van der Waals surface area contributed by atoms with Gasteiger partial charge in [-0.2, -0.15) is 13.2 Å². The van der Waals surface area contributed by atoms with Crippen LogP contribution in [0.15, 0.2) is 18.2 Å². The van der Waals surface area contributed by atoms with Crippen LogP contribution >= 0.6 is 0 Å². The number of ketones is 1. The predicted molar refractivity (Wildman–Crippen MR) is 53.1 cm³/mol. The van der Waals surface area contributed by atoms with E-state index >= 15 is 0 Å². The Hall–Kier alpha value is -2.05. The lowest BCUT2D eigenvalue weighted by atomic mass is 10.1. The van der Waals surface area contributed by atoms with Crippen molar-refractivity contribution in [3.63, 3.8) is 0 Å². The molecule has 4 nitrogen and oxygen atoms in total. The molecule has 0 saturated carbocycles. The minimum Gasteiger partial charge on any atom is -0.497 e. The number of ether oxygens (including phenoxy) is 1. The first-order valence-electron chi connectivity index (χ1n) is 4.40. The molecule has 0 aromatic heterocycles. The molecule has 0 aliphatic heterocycles. The Bertz CT molecular complexity index is 443. The smallest absolute Gasteiger partial charge is 0.454 e. The van der Waals surface area contributed by atoms with Crippen LogP contribution in [-0.2, 0) is 4.79 Å². The molecule has 1 N–H and O–H groups in total. The highest BCUT2D eigenvalue weighted by Gasteiger charge is 2.40. The molecular formula is C10H8F3NO3. The van der Waals surface area contributed by atoms with Gasteiger partial charge in [0.05, 0.1) is 18.4 Å². The van der Waals surface area contributed by atoms with Gasteiger partial charge in [0.2, 0.25) is 6.41 Å². The summed E-state index contributed by atoms with van der Waals surface area (Å²) in [6, 6.07) is 3.41. The Morgan fingerprint density at radius 3 is 2.53 bits per heavy atom. The number of nitrogens with one attached hydrogen (secondary N) is 1. The monoisotopic (exact) mass is 247 g/mol. The quantitative estimate of drug-likeness (QED) is 0.654. The van der Waals surface area contributed by atoms with Crippen molar-refractivity contribution < 1.29 is 27.5 Å². The standard InChI is InChI=1S/C10H8F3NO3/c1-17-6-2-3-8(14-5-15)7(4-6)9(16)10(11,12)13/h2-5H,1H3,(H,14,15). The van der Waals surface area contributed by atoms with Gasteiger partial charge in [-0.25, -0.2) is 0 Å². The largest absolute Gasteiger partial charge is 0.497 e. The van der Waals surface area contributed by atoms with Gasteiger partial charge in [0, 0.05) is 0 Å². The number of halogens is 3. The lowest BCUT2D eigenvalue weighted by Gasteiger charge is -2.11. The lowest BCUT2D eigenvalue weighted by Crippen LogP contribution is -2.24. The number of amides is 1. The number of anilines is 1. The summed E-state index contributed by atoms with van der Waals surface area (Å²) in [7, 11) is 1.25. The number of carbonyl (C=O) groups is 2. The van der Waals surface area contributed by atoms with Crippen LogP contribution in [0.25, 0.3) is 0 Å². The van der Waals surface area contributed by atoms with Crippen molar-refractivity contribution in [1.82, 2.24) is 0 Å². The zero-order chi connectivity index (χ0) is 13.1. The molecule has 1 amide bonds. The summed E-state index contributed by atoms with van der Waals surface area (Å²) in [5.41, 5.74) is -0.882. The SMILES string of the molecule is COc1ccc(NC=O)c(C(=O)C(F)(F)F)c1. The summed E-state index contributed by atoms with van der Waals surface area (Å²) in [5.74, 6) is -1.95. The maximum Gasteiger partial charge on any atom is 0.454 e. The first kappa shape index (κ1) is 13.0. The molecule has 0 aliphatic carbocycles. The minimum absolute atomic E-state index is 0.0917. The van der Waals surface area contributed by atoms with E-state index in [2.05, 4.69) is 0 Å². The summed E-state index contributed by atoms with van der Waals surface area (Å²) in [6.45, 7) is 0. The van der Waals surface area contributed by atoms with E-state index < -0.39 is 17.5 Å². The molecule has 0 heterocycles. The summed E-state index contributed by atoms with van der Waals surface area (Å²) >= 11 is 0. The van der Waals surface area contributed by atoms with Crippen molar-refractivity contribution in [2.45, 2.75) is 6.18 Å². The fourth-order valence-electron chi connectivity index (χ4n) is 1.18. The van der Waals surface area contributed by atoms with E-state index in [1.807, 2.05) is 5.32 Å². The normalized spacial score (nSPS) is 10.8. The van der Waals surface area contributed by atoms with Gasteiger partial charge in [-0.05, 0) is 18.2 Å². The Labute approximate surface area is 94.4 Å². The number of hydrogen-bond donors (Lipinski definition) is 1. The van der Waals surface area contributed by atoms with E-state index in [0.717, 1.165) is 12.1 Å². The highest BCUT2D eigenvalue weighted by molar-refractivity contribution is 6.06. The van der Waals surface area contributed by atoms with Crippen LogP contribution in [0, 0.1) is 0 Å². The summed E-state index contributed by atoms with van der Waals surface area (Å²) < 4.78 is 41.6. The lowest BCUT2D eigenvalue weighted by molar-refractivity contribution is -0.105. The molecule has 0 bridgehead atoms. The summed E-state index contributed by atoms with van der Waals surface area (Å²) in [4.78, 5) is 21.3. The van der Waals surface area contributed by atoms with Crippen molar-refractivity contribution in [3.8, 4) is 5.75 Å². The highest BCUT2D eigenvalue weighted by Crippen LogP contribution is 2.29. The number of alkyl halides is 3. The predicted octanol–water partition coefficient (Wildman–Crippen LogP) is 2.01. The Balaban J connectivity index is 3.26. The van der Waals surface area contributed by atoms with E-state index in [0.29, 0.717) is 0 Å². The van der Waals surface area contributed by atoms with Crippen LogP contribution in [0.3, 0.4) is 0 Å². The second kappa shape index (κ2) is 4.86. The fourth-order valence-corrected chi connectivity index (χ4v) is 1.18. The zero-order valence-corrected chi connectivity index (χ0v) is 8.67. The van der Waals surface area contributed by atoms with Gasteiger partial charge < -0.3 is 10.1 Å². The molecule has 17 heavy (non-hydrogen) atoms. The number of rotatable bonds is 4. The topological polar surface area (TPSA) is 55.4 Å². The Kier molecular flexibility index (Phi) is 3.72. The van der Waals surface area contributed by atoms with E-state index in [4.69, 9.17) is 4.74 Å². The van der Waals surface area contributed by atoms with Gasteiger partial charge in [0.25, 0.3) is 5.78 Å². The maximum absolute atomic E-state index is 12.3. The number of Topliss-reactive ketones (excluding diaryl/α,β-unsaturated/α-hetero) is 1. The summed E-state index contributed by atoms with van der Waals surface area (Å²) in [6.07, 6.45) is -4.82. The molecule has 0 spiro atoms. The van der Waals surface area contributed by atoms with Crippen molar-refractivity contribution in [2.24, 2.45) is 0 Å². The average Bonchev–Trinajstić information content (AvgIpc) is 2.28. The minimum atomic E-state index is -5.01. The van der Waals surface area contributed by atoms with E-state index in [-0.39, 0.29) is 17.8 Å². The fraction of sp³-hybridized carbons (Fsp3) is 0.200. The maximum atomic E-state index is 12.3. The molecule has 0 atom stereocenters. The van der Waals surface area contributed by atoms with Gasteiger partial charge in [0.1, 0.15) is 5.75 Å². The summed E-state index contributed by atoms with van der Waals surface area (Å²) in [5, 5.41) is 2.02. The Morgan fingerprint density at radius 2 is 2.06 bits per heavy atom. The zero-order valence-electron chi connectivity index (χ0n) is 8.67. The van der Waals surface area contributed by atoms with Gasteiger partial charge >= 0.3 is 6.18 Å². The van der Waals surface area contributed by atoms with Crippen molar-refractivity contribution in [2.75, 3.05) is 12.4 Å². The Morgan fingerprint density at radius 1 is 1.41 bits per heavy atom. The molecule has 1 aromatic rings. The van der Waals surface area contributed by atoms with Gasteiger partial charge in [-0.1, -0.05) is 0 Å². The third-order valence-electron chi connectivity index (χ3n) is 1.94. The number of hydrogen-bond acceptors (Lipinski definition) is 3. The molecule has 7 heteroatoms. The third-order valence-corrected chi connectivity index (χ3v) is 1.94. The van der Waals surface area contributed by atoms with Crippen molar-refractivity contribution in [1.29, 1.82) is 0 Å². The van der Waals surface area contributed by atoms with Crippen molar-refractivity contribution in [3.05, 3.63) is 23.8 Å². The van der Waals surface area contributed by atoms with Crippen LogP contribution in [-0.4, -0.2) is 25.5 Å². The molecule has 0 radical (unpaired) electrons.